The number of hydrogen-bond acceptors (Lipinski definition) is 22. The fraction of sp³-hybridized carbons (Fsp3) is 0. The third kappa shape index (κ3) is 18.3. The van der Waals surface area contributed by atoms with Gasteiger partial charge < -0.3 is 5.21 Å². The fourth-order valence-electron chi connectivity index (χ4n) is 7.37. The van der Waals surface area contributed by atoms with Crippen LogP contribution in [0.4, 0.5) is 56.9 Å². The molecule has 0 aliphatic heterocycles. The Bertz CT molecular complexity index is 4960. The van der Waals surface area contributed by atoms with Crippen LogP contribution in [0, 0.1) is 5.21 Å². The van der Waals surface area contributed by atoms with Gasteiger partial charge in [0.25, 0.3) is 60.7 Å². The topological polar surface area (TPSA) is 464 Å². The van der Waals surface area contributed by atoms with E-state index in [2.05, 4.69) is 46.0 Å². The van der Waals surface area contributed by atoms with Gasteiger partial charge in [0.2, 0.25) is 5.69 Å². The summed E-state index contributed by atoms with van der Waals surface area (Å²) in [6.07, 6.45) is 4.22. The standard InChI is InChI=1S/C52H38N10O19S6.Na/c63-62(46-24-8-36(52(32-46)87(79,80)81)4-3-34-6-10-44(30-50(34)85(73,74)75)60-58-40-18-14-38(15-19-40)54-56-42-22-27-48(28-23-42)83(67,68)69)61-45-11-7-35(51(31-45)86(76,77)78)2-1-33-5-9-43(29-49(33)84(70,71)72)59-57-39-16-12-37(13-17-39)53-55-41-20-25-47(26-21-41)82(64,65)66;/h1-32H,(H,64,65,66)(H,67,68,69)(H,70,71,72)(H,73,74,75)(H,76,77,78)(H,79,80,81);/q;+1/b2-1+,4-3+,55-53?,56-54?,59-57?,60-58?,62-61?;. The Labute approximate surface area is 522 Å². The van der Waals surface area contributed by atoms with Crippen molar-refractivity contribution in [3.63, 3.8) is 0 Å². The quantitative estimate of drug-likeness (QED) is 0.0103. The largest absolute Gasteiger partial charge is 1.00 e. The van der Waals surface area contributed by atoms with Gasteiger partial charge in [0.1, 0.15) is 25.3 Å². The molecular weight excluding hydrogens is 1280 g/mol. The zero-order valence-electron chi connectivity index (χ0n) is 44.4. The first-order valence-corrected chi connectivity index (χ1v) is 32.4. The van der Waals surface area contributed by atoms with Crippen molar-refractivity contribution in [1.82, 2.24) is 0 Å². The van der Waals surface area contributed by atoms with E-state index >= 15 is 0 Å². The summed E-state index contributed by atoms with van der Waals surface area (Å²) in [5, 5.41) is 49.2. The van der Waals surface area contributed by atoms with Gasteiger partial charge in [0.15, 0.2) is 0 Å². The molecule has 0 heterocycles. The van der Waals surface area contributed by atoms with Crippen molar-refractivity contribution >= 4 is 142 Å². The summed E-state index contributed by atoms with van der Waals surface area (Å²) in [6, 6.07) is 34.4. The third-order valence-corrected chi connectivity index (χ3v) is 16.9. The van der Waals surface area contributed by atoms with Gasteiger partial charge in [-0.1, -0.05) is 47.4 Å². The molecule has 88 heavy (non-hydrogen) atoms. The molecule has 0 saturated carbocycles. The minimum Gasteiger partial charge on any atom is -0.594 e. The molecule has 0 radical (unpaired) electrons. The molecule has 0 fully saturated rings. The van der Waals surface area contributed by atoms with E-state index in [0.29, 0.717) is 17.4 Å². The van der Waals surface area contributed by atoms with Gasteiger partial charge in [0.05, 0.1) is 55.3 Å². The minimum atomic E-state index is -5.17. The summed E-state index contributed by atoms with van der Waals surface area (Å²) >= 11 is 0. The normalized spacial score (nSPS) is 13.2. The van der Waals surface area contributed by atoms with Crippen LogP contribution >= 0.6 is 0 Å². The molecular formula is C52H38N10NaO19S6+. The van der Waals surface area contributed by atoms with Gasteiger partial charge in [-0.25, -0.2) is 0 Å². The first-order chi connectivity index (χ1) is 40.8. The van der Waals surface area contributed by atoms with E-state index in [9.17, 15) is 73.9 Å². The minimum absolute atomic E-state index is 0. The van der Waals surface area contributed by atoms with Crippen molar-refractivity contribution in [2.75, 3.05) is 0 Å². The van der Waals surface area contributed by atoms with Crippen LogP contribution in [0.1, 0.15) is 22.3 Å². The molecule has 0 bridgehead atoms. The Morgan fingerprint density at radius 1 is 0.284 bits per heavy atom. The average molecular weight is 1320 g/mol. The molecule has 0 amide bonds. The summed E-state index contributed by atoms with van der Waals surface area (Å²) in [5.41, 5.74) is -0.287. The van der Waals surface area contributed by atoms with E-state index in [1.807, 2.05) is 0 Å². The Kier molecular flexibility index (Phi) is 20.8. The number of rotatable bonds is 20. The second-order valence-electron chi connectivity index (χ2n) is 17.6. The smallest absolute Gasteiger partial charge is 0.594 e. The number of benzene rings is 8. The summed E-state index contributed by atoms with van der Waals surface area (Å²) in [6.45, 7) is 0. The van der Waals surface area contributed by atoms with E-state index in [-0.39, 0.29) is 101 Å². The zero-order chi connectivity index (χ0) is 63.1. The summed E-state index contributed by atoms with van der Waals surface area (Å²) in [5.74, 6) is 0. The maximum atomic E-state index is 13.4. The first-order valence-electron chi connectivity index (χ1n) is 23.8. The number of nitrogens with zero attached hydrogens (tertiary/aromatic N) is 10. The van der Waals surface area contributed by atoms with E-state index in [1.165, 1.54) is 97.1 Å². The van der Waals surface area contributed by atoms with Gasteiger partial charge in [-0.05, 0) is 162 Å². The van der Waals surface area contributed by atoms with Gasteiger partial charge in [-0.3, -0.25) is 27.3 Å². The van der Waals surface area contributed by atoms with Crippen LogP contribution in [0.5, 0.6) is 0 Å². The summed E-state index contributed by atoms with van der Waals surface area (Å²) < 4.78 is 204. The molecule has 36 heteroatoms. The molecule has 8 aromatic carbocycles. The van der Waals surface area contributed by atoms with E-state index in [0.717, 1.165) is 91.0 Å². The van der Waals surface area contributed by atoms with Crippen LogP contribution in [0.2, 0.25) is 0 Å². The number of hydrogen-bond donors (Lipinski definition) is 6. The summed E-state index contributed by atoms with van der Waals surface area (Å²) in [4.78, 5) is -3.96. The molecule has 446 valence electrons. The Hall–Kier alpha value is -8.50. The van der Waals surface area contributed by atoms with Gasteiger partial charge in [0, 0.05) is 17.2 Å². The van der Waals surface area contributed by atoms with Crippen LogP contribution in [-0.4, -0.2) is 82.7 Å². The van der Waals surface area contributed by atoms with Crippen LogP contribution in [-0.2, 0) is 60.7 Å². The molecule has 29 nitrogen and oxygen atoms in total. The van der Waals surface area contributed by atoms with Crippen molar-refractivity contribution in [2.24, 2.45) is 46.0 Å². The average Bonchev–Trinajstić information content (AvgIpc) is 1.79. The molecule has 0 aliphatic carbocycles. The molecule has 0 spiro atoms. The Morgan fingerprint density at radius 2 is 0.500 bits per heavy atom. The maximum Gasteiger partial charge on any atom is 1.00 e. The molecule has 0 unspecified atom stereocenters. The monoisotopic (exact) mass is 1320 g/mol. The molecule has 8 aromatic rings. The van der Waals surface area contributed by atoms with E-state index in [1.54, 1.807) is 0 Å². The third-order valence-electron chi connectivity index (χ3n) is 11.5. The second-order valence-corrected chi connectivity index (χ2v) is 26.0. The van der Waals surface area contributed by atoms with Gasteiger partial charge in [-0.2, -0.15) is 91.4 Å². The van der Waals surface area contributed by atoms with E-state index < -0.39 is 91.7 Å². The van der Waals surface area contributed by atoms with Crippen LogP contribution < -0.4 is 29.6 Å². The predicted molar refractivity (Wildman–Crippen MR) is 310 cm³/mol. The van der Waals surface area contributed by atoms with Crippen molar-refractivity contribution < 1.29 is 112 Å². The van der Waals surface area contributed by atoms with Crippen LogP contribution in [0.3, 0.4) is 0 Å². The SMILES string of the molecule is O=S(=O)(O)c1ccc(N=Nc2ccc(N=Nc3ccc(/C=C/c4ccc(N=[N+]([O-])c5ccc(/C=C/c6ccc(N=Nc7ccc(N=Nc8ccc(S(=O)(=O)O)cc8)cc7)cc6S(=O)(=O)O)c(S(=O)(=O)O)c5)cc4S(=O)(=O)O)c(S(=O)(=O)O)c3)cc2)cc1.[Na+]. The molecule has 6 N–H and O–H groups in total. The second kappa shape index (κ2) is 27.3. The van der Waals surface area contributed by atoms with Gasteiger partial charge in [-0.15, -0.1) is 0 Å². The van der Waals surface area contributed by atoms with Crippen LogP contribution in [0.15, 0.2) is 245 Å². The number of azo groups is 5. The van der Waals surface area contributed by atoms with E-state index in [4.69, 9.17) is 9.11 Å². The van der Waals surface area contributed by atoms with Crippen molar-refractivity contribution in [3.05, 3.63) is 197 Å². The first kappa shape index (κ1) is 67.0. The zero-order valence-corrected chi connectivity index (χ0v) is 51.3. The Balaban J connectivity index is 0.0000110. The van der Waals surface area contributed by atoms with Crippen molar-refractivity contribution in [2.45, 2.75) is 29.4 Å². The summed E-state index contributed by atoms with van der Waals surface area (Å²) in [7, 11) is -29.1. The fourth-order valence-corrected chi connectivity index (χ4v) is 11.1. The van der Waals surface area contributed by atoms with Crippen molar-refractivity contribution in [1.29, 1.82) is 0 Å². The Morgan fingerprint density at radius 3 is 0.773 bits per heavy atom. The predicted octanol–water partition coefficient (Wildman–Crippen LogP) is 10.1. The molecule has 0 aromatic heterocycles. The molecule has 0 atom stereocenters. The maximum absolute atomic E-state index is 13.4. The molecule has 0 saturated heterocycles. The van der Waals surface area contributed by atoms with Gasteiger partial charge >= 0.3 is 29.6 Å². The van der Waals surface area contributed by atoms with Crippen LogP contribution in [0.25, 0.3) is 24.3 Å². The van der Waals surface area contributed by atoms with Crippen molar-refractivity contribution in [3.8, 4) is 0 Å². The molecule has 0 aliphatic rings. The molecule has 8 rings (SSSR count).